The minimum absolute atomic E-state index is 0.0290. The maximum Gasteiger partial charge on any atom is 0.417 e. The highest BCUT2D eigenvalue weighted by atomic mass is 19.4. The second-order valence-corrected chi connectivity index (χ2v) is 9.81. The van der Waals surface area contributed by atoms with E-state index in [1.54, 1.807) is 6.92 Å². The first kappa shape index (κ1) is 34.8. The summed E-state index contributed by atoms with van der Waals surface area (Å²) in [6.45, 7) is 6.56. The van der Waals surface area contributed by atoms with Crippen LogP contribution >= 0.6 is 0 Å². The predicted molar refractivity (Wildman–Crippen MR) is 155 cm³/mol. The Morgan fingerprint density at radius 1 is 1.05 bits per heavy atom. The highest BCUT2D eigenvalue weighted by Gasteiger charge is 2.46. The number of alkyl halides is 5. The monoisotopic (exact) mass is 635 g/mol. The largest absolute Gasteiger partial charge is 0.474 e. The first-order chi connectivity index (χ1) is 20.8. The summed E-state index contributed by atoms with van der Waals surface area (Å²) in [4.78, 5) is 13.8. The maximum atomic E-state index is 16.3. The standard InChI is InChI=1S/C25H26F7N7O.C2H6.CH4O/c1-11-4-5-34-6-7-35-21-15-20(37-23(38-21)39-9-24(28,29)10-39)18(27)19(36-22(15)40-11)13-8-14(33-3)17(26)12(2)16(13)25(30,31)32;2*1-2/h8,11,33-34H,4-7,9-10H2,1-3H3,(H,35,37,38);1-2H3;2H,1H3. The average molecular weight is 636 g/mol. The van der Waals surface area contributed by atoms with E-state index in [1.165, 1.54) is 7.05 Å². The van der Waals surface area contributed by atoms with E-state index in [9.17, 15) is 26.3 Å². The Hall–Kier alpha value is -3.66. The number of hydrogen-bond acceptors (Lipinski definition) is 9. The molecule has 4 N–H and O–H groups in total. The molecule has 9 nitrogen and oxygen atoms in total. The molecule has 0 saturated carbocycles. The van der Waals surface area contributed by atoms with Crippen LogP contribution in [0.5, 0.6) is 5.88 Å². The molecule has 3 aromatic rings. The molecule has 1 aromatic carbocycles. The highest BCUT2D eigenvalue weighted by molar-refractivity contribution is 5.97. The number of nitrogens with zero attached hydrogens (tertiary/aromatic N) is 4. The van der Waals surface area contributed by atoms with Crippen molar-refractivity contribution >= 4 is 28.4 Å². The average Bonchev–Trinajstić information content (AvgIpc) is 3.00. The molecule has 244 valence electrons. The van der Waals surface area contributed by atoms with Gasteiger partial charge in [-0.3, -0.25) is 0 Å². The SMILES string of the molecule is CC.CNc1cc(-c2nc3c4c(nc(N5CC(F)(F)C5)nc4c2F)NCCNCCC(C)O3)c(C(F)(F)F)c(C)c1F.CO. The Morgan fingerprint density at radius 3 is 2.30 bits per heavy atom. The fourth-order valence-corrected chi connectivity index (χ4v) is 4.79. The highest BCUT2D eigenvalue weighted by Crippen LogP contribution is 2.45. The van der Waals surface area contributed by atoms with Gasteiger partial charge in [0.2, 0.25) is 11.8 Å². The zero-order valence-electron chi connectivity index (χ0n) is 25.2. The van der Waals surface area contributed by atoms with Crippen LogP contribution in [0, 0.1) is 18.6 Å². The van der Waals surface area contributed by atoms with Crippen molar-refractivity contribution < 1.29 is 40.6 Å². The Balaban J connectivity index is 0.00000127. The minimum atomic E-state index is -5.07. The lowest BCUT2D eigenvalue weighted by atomic mass is 9.96. The predicted octanol–water partition coefficient (Wildman–Crippen LogP) is 5.60. The van der Waals surface area contributed by atoms with E-state index in [0.717, 1.165) is 25.0 Å². The van der Waals surface area contributed by atoms with Gasteiger partial charge in [-0.2, -0.15) is 18.2 Å². The van der Waals surface area contributed by atoms with Gasteiger partial charge >= 0.3 is 6.18 Å². The van der Waals surface area contributed by atoms with Crippen LogP contribution in [0.2, 0.25) is 0 Å². The molecule has 1 fully saturated rings. The number of aliphatic hydroxyl groups is 1. The van der Waals surface area contributed by atoms with Crippen molar-refractivity contribution in [2.75, 3.05) is 62.4 Å². The smallest absolute Gasteiger partial charge is 0.417 e. The van der Waals surface area contributed by atoms with Crippen molar-refractivity contribution in [2.45, 2.75) is 52.3 Å². The number of ether oxygens (including phenoxy) is 1. The van der Waals surface area contributed by atoms with Gasteiger partial charge in [-0.1, -0.05) is 13.8 Å². The number of pyridine rings is 1. The Bertz CT molecular complexity index is 1460. The van der Waals surface area contributed by atoms with Crippen LogP contribution in [0.3, 0.4) is 0 Å². The summed E-state index contributed by atoms with van der Waals surface area (Å²) in [5.74, 6) is -5.85. The third kappa shape index (κ3) is 7.01. The maximum absolute atomic E-state index is 16.3. The van der Waals surface area contributed by atoms with Crippen molar-refractivity contribution in [3.05, 3.63) is 28.8 Å². The van der Waals surface area contributed by atoms with Gasteiger partial charge in [-0.15, -0.1) is 0 Å². The molecule has 1 unspecified atom stereocenters. The summed E-state index contributed by atoms with van der Waals surface area (Å²) in [5, 5.41) is 15.6. The van der Waals surface area contributed by atoms with Gasteiger partial charge in [0.1, 0.15) is 28.2 Å². The summed E-state index contributed by atoms with van der Waals surface area (Å²) >= 11 is 0. The van der Waals surface area contributed by atoms with Gasteiger partial charge < -0.3 is 30.7 Å². The van der Waals surface area contributed by atoms with Gasteiger partial charge in [0, 0.05) is 32.8 Å². The zero-order valence-corrected chi connectivity index (χ0v) is 25.2. The van der Waals surface area contributed by atoms with Crippen molar-refractivity contribution in [1.82, 2.24) is 20.3 Å². The molecule has 0 spiro atoms. The van der Waals surface area contributed by atoms with E-state index in [2.05, 4.69) is 30.9 Å². The molecule has 44 heavy (non-hydrogen) atoms. The van der Waals surface area contributed by atoms with Crippen molar-refractivity contribution in [3.63, 3.8) is 0 Å². The fraction of sp³-hybridized carbons (Fsp3) is 0.536. The fourth-order valence-electron chi connectivity index (χ4n) is 4.79. The quantitative estimate of drug-likeness (QED) is 0.274. The molecule has 5 rings (SSSR count). The molecule has 4 heterocycles. The molecule has 2 aliphatic heterocycles. The van der Waals surface area contributed by atoms with Crippen molar-refractivity contribution in [1.29, 1.82) is 0 Å². The first-order valence-corrected chi connectivity index (χ1v) is 14.0. The van der Waals surface area contributed by atoms with Crippen LogP contribution in [0.4, 0.5) is 48.2 Å². The van der Waals surface area contributed by atoms with E-state index in [-0.39, 0.29) is 28.7 Å². The van der Waals surface area contributed by atoms with E-state index < -0.39 is 70.8 Å². The minimum Gasteiger partial charge on any atom is -0.474 e. The molecule has 2 aliphatic rings. The van der Waals surface area contributed by atoms with Gasteiger partial charge in [-0.05, 0) is 38.4 Å². The number of benzene rings is 1. The second-order valence-electron chi connectivity index (χ2n) is 9.81. The summed E-state index contributed by atoms with van der Waals surface area (Å²) < 4.78 is 107. The summed E-state index contributed by atoms with van der Waals surface area (Å²) in [5.41, 5.74) is -4.45. The summed E-state index contributed by atoms with van der Waals surface area (Å²) in [6.07, 6.45) is -5.09. The number of rotatable bonds is 3. The lowest BCUT2D eigenvalue weighted by Gasteiger charge is -2.38. The molecule has 1 saturated heterocycles. The molecule has 0 amide bonds. The van der Waals surface area contributed by atoms with E-state index in [1.807, 2.05) is 13.8 Å². The third-order valence-corrected chi connectivity index (χ3v) is 6.81. The van der Waals surface area contributed by atoms with E-state index >= 15 is 4.39 Å². The number of anilines is 3. The number of aliphatic hydroxyl groups excluding tert-OH is 1. The molecule has 0 aliphatic carbocycles. The second kappa shape index (κ2) is 14.0. The van der Waals surface area contributed by atoms with Crippen LogP contribution in [0.1, 0.15) is 38.3 Å². The van der Waals surface area contributed by atoms with Crippen molar-refractivity contribution in [2.24, 2.45) is 0 Å². The number of nitrogens with one attached hydrogen (secondary N) is 3. The van der Waals surface area contributed by atoms with Crippen LogP contribution < -0.4 is 25.6 Å². The molecule has 0 radical (unpaired) electrons. The molecule has 0 bridgehead atoms. The number of halogens is 7. The van der Waals surface area contributed by atoms with Crippen LogP contribution in [0.25, 0.3) is 22.2 Å². The molecule has 16 heteroatoms. The van der Waals surface area contributed by atoms with Gasteiger partial charge in [0.05, 0.1) is 30.4 Å². The first-order valence-electron chi connectivity index (χ1n) is 14.0. The molecular formula is C28H36F7N7O2. The van der Waals surface area contributed by atoms with Crippen LogP contribution in [0.15, 0.2) is 6.07 Å². The normalized spacial score (nSPS) is 17.9. The van der Waals surface area contributed by atoms with Crippen molar-refractivity contribution in [3.8, 4) is 17.1 Å². The Labute approximate surface area is 250 Å². The zero-order chi connectivity index (χ0) is 33.0. The molecular weight excluding hydrogens is 599 g/mol. The molecule has 2 aromatic heterocycles. The number of hydrogen-bond donors (Lipinski definition) is 4. The number of aromatic nitrogens is 3. The van der Waals surface area contributed by atoms with Gasteiger partial charge in [-0.25, -0.2) is 27.5 Å². The Morgan fingerprint density at radius 2 is 1.70 bits per heavy atom. The third-order valence-electron chi connectivity index (χ3n) is 6.81. The van der Waals surface area contributed by atoms with Gasteiger partial charge in [0.25, 0.3) is 5.92 Å². The Kier molecular flexibility index (Phi) is 11.1. The lowest BCUT2D eigenvalue weighted by molar-refractivity contribution is -0.137. The van der Waals surface area contributed by atoms with E-state index in [0.29, 0.717) is 26.1 Å². The topological polar surface area (TPSA) is 107 Å². The lowest BCUT2D eigenvalue weighted by Crippen LogP contribution is -2.57. The van der Waals surface area contributed by atoms with Gasteiger partial charge in [0.15, 0.2) is 5.82 Å². The summed E-state index contributed by atoms with van der Waals surface area (Å²) in [6, 6.07) is 0.824. The molecule has 1 atom stereocenters. The van der Waals surface area contributed by atoms with Crippen LogP contribution in [-0.2, 0) is 6.18 Å². The summed E-state index contributed by atoms with van der Waals surface area (Å²) in [7, 11) is 2.31. The van der Waals surface area contributed by atoms with Crippen LogP contribution in [-0.4, -0.2) is 79.0 Å². The van der Waals surface area contributed by atoms with E-state index in [4.69, 9.17) is 9.84 Å².